The van der Waals surface area contributed by atoms with Crippen molar-refractivity contribution in [3.63, 3.8) is 0 Å². The second-order valence-electron chi connectivity index (χ2n) is 3.43. The fraction of sp³-hybridized carbons (Fsp3) is 0.273. The minimum absolute atomic E-state index is 0.0508. The van der Waals surface area contributed by atoms with Crippen LogP contribution in [0.25, 0.3) is 0 Å². The van der Waals surface area contributed by atoms with Gasteiger partial charge in [-0.15, -0.1) is 0 Å². The third-order valence-electron chi connectivity index (χ3n) is 2.22. The standard InChI is InChI=1S/C11H13N3O/c15-11-8-10(6-7-12-11)14-13-9-4-2-1-3-5-9/h1-5,13H,6-8H2,(H,12,15). The van der Waals surface area contributed by atoms with Crippen LogP contribution in [-0.2, 0) is 4.79 Å². The molecule has 78 valence electrons. The molecule has 1 saturated heterocycles. The number of hydrogen-bond acceptors (Lipinski definition) is 3. The van der Waals surface area contributed by atoms with Crippen molar-refractivity contribution in [1.82, 2.24) is 5.32 Å². The topological polar surface area (TPSA) is 53.5 Å². The van der Waals surface area contributed by atoms with Crippen LogP contribution < -0.4 is 10.7 Å². The first-order valence-electron chi connectivity index (χ1n) is 4.98. The summed E-state index contributed by atoms with van der Waals surface area (Å²) in [6.07, 6.45) is 1.23. The largest absolute Gasteiger partial charge is 0.355 e. The van der Waals surface area contributed by atoms with Crippen molar-refractivity contribution in [3.8, 4) is 0 Å². The molecule has 0 spiro atoms. The van der Waals surface area contributed by atoms with Crippen molar-refractivity contribution in [2.45, 2.75) is 12.8 Å². The Balaban J connectivity index is 1.96. The summed E-state index contributed by atoms with van der Waals surface area (Å²) in [7, 11) is 0. The molecule has 15 heavy (non-hydrogen) atoms. The molecule has 1 aromatic rings. The lowest BCUT2D eigenvalue weighted by molar-refractivity contribution is -0.120. The van der Waals surface area contributed by atoms with Gasteiger partial charge in [-0.25, -0.2) is 0 Å². The summed E-state index contributed by atoms with van der Waals surface area (Å²) in [6, 6.07) is 9.71. The lowest BCUT2D eigenvalue weighted by Crippen LogP contribution is -2.34. The molecule has 0 radical (unpaired) electrons. The van der Waals surface area contributed by atoms with Crippen molar-refractivity contribution >= 4 is 17.3 Å². The number of nitrogens with zero attached hydrogens (tertiary/aromatic N) is 1. The monoisotopic (exact) mass is 203 g/mol. The van der Waals surface area contributed by atoms with Gasteiger partial charge in [0.15, 0.2) is 0 Å². The maximum absolute atomic E-state index is 11.1. The number of piperidine rings is 1. The number of rotatable bonds is 2. The normalized spacial score (nSPS) is 18.7. The third kappa shape index (κ3) is 2.80. The second kappa shape index (κ2) is 4.59. The molecule has 0 aliphatic carbocycles. The summed E-state index contributed by atoms with van der Waals surface area (Å²) < 4.78 is 0. The highest BCUT2D eigenvalue weighted by molar-refractivity contribution is 6.03. The number of carbonyl (C=O) groups is 1. The molecule has 0 aromatic heterocycles. The maximum Gasteiger partial charge on any atom is 0.225 e. The molecule has 4 nitrogen and oxygen atoms in total. The molecule has 0 bridgehead atoms. The summed E-state index contributed by atoms with van der Waals surface area (Å²) in [6.45, 7) is 0.689. The summed E-state index contributed by atoms with van der Waals surface area (Å²) in [5.74, 6) is 0.0508. The van der Waals surface area contributed by atoms with Gasteiger partial charge in [-0.05, 0) is 12.1 Å². The summed E-state index contributed by atoms with van der Waals surface area (Å²) >= 11 is 0. The molecule has 0 saturated carbocycles. The van der Waals surface area contributed by atoms with E-state index in [2.05, 4.69) is 15.8 Å². The van der Waals surface area contributed by atoms with Crippen molar-refractivity contribution in [2.24, 2.45) is 5.10 Å². The van der Waals surface area contributed by atoms with Crippen LogP contribution in [0, 0.1) is 0 Å². The van der Waals surface area contributed by atoms with E-state index >= 15 is 0 Å². The van der Waals surface area contributed by atoms with Gasteiger partial charge in [0, 0.05) is 18.7 Å². The van der Waals surface area contributed by atoms with Gasteiger partial charge >= 0.3 is 0 Å². The molecule has 1 heterocycles. The predicted molar refractivity (Wildman–Crippen MR) is 59.7 cm³/mol. The fourth-order valence-corrected chi connectivity index (χ4v) is 1.43. The third-order valence-corrected chi connectivity index (χ3v) is 2.22. The lowest BCUT2D eigenvalue weighted by atomic mass is 10.1. The molecule has 1 aliphatic heterocycles. The Hall–Kier alpha value is -1.84. The molecule has 4 heteroatoms. The number of anilines is 1. The Labute approximate surface area is 88.4 Å². The molecule has 0 unspecified atom stereocenters. The summed E-state index contributed by atoms with van der Waals surface area (Å²) in [4.78, 5) is 11.1. The van der Waals surface area contributed by atoms with Crippen molar-refractivity contribution in [1.29, 1.82) is 0 Å². The molecule has 1 fully saturated rings. The van der Waals surface area contributed by atoms with Crippen LogP contribution in [0.5, 0.6) is 0 Å². The SMILES string of the molecule is O=C1CC(=NNc2ccccc2)CCN1. The smallest absolute Gasteiger partial charge is 0.225 e. The molecule has 1 aromatic carbocycles. The van der Waals surface area contributed by atoms with Crippen LogP contribution in [0.3, 0.4) is 0 Å². The molecule has 1 amide bonds. The van der Waals surface area contributed by atoms with Crippen molar-refractivity contribution in [2.75, 3.05) is 12.0 Å². The van der Waals surface area contributed by atoms with Crippen LogP contribution in [0.1, 0.15) is 12.8 Å². The Morgan fingerprint density at radius 3 is 2.80 bits per heavy atom. The molecular weight excluding hydrogens is 190 g/mol. The first kappa shape index (κ1) is 9.71. The van der Waals surface area contributed by atoms with Crippen LogP contribution in [0.2, 0.25) is 0 Å². The first-order valence-corrected chi connectivity index (χ1v) is 4.98. The molecule has 2 N–H and O–H groups in total. The number of carbonyl (C=O) groups excluding carboxylic acids is 1. The number of benzene rings is 1. The van der Waals surface area contributed by atoms with Crippen LogP contribution in [0.4, 0.5) is 5.69 Å². The highest BCUT2D eigenvalue weighted by Crippen LogP contribution is 2.06. The van der Waals surface area contributed by atoms with E-state index in [-0.39, 0.29) is 5.91 Å². The van der Waals surface area contributed by atoms with Gasteiger partial charge in [-0.2, -0.15) is 5.10 Å². The zero-order chi connectivity index (χ0) is 10.5. The lowest BCUT2D eigenvalue weighted by Gasteiger charge is -2.13. The zero-order valence-electron chi connectivity index (χ0n) is 8.36. The number of nitrogens with one attached hydrogen (secondary N) is 2. The van der Waals surface area contributed by atoms with E-state index < -0.39 is 0 Å². The van der Waals surface area contributed by atoms with Gasteiger partial charge in [0.2, 0.25) is 5.91 Å². The first-order chi connectivity index (χ1) is 7.34. The Morgan fingerprint density at radius 2 is 2.07 bits per heavy atom. The van der Waals surface area contributed by atoms with Gasteiger partial charge in [-0.3, -0.25) is 10.2 Å². The van der Waals surface area contributed by atoms with E-state index in [1.54, 1.807) is 0 Å². The van der Waals surface area contributed by atoms with Gasteiger partial charge < -0.3 is 5.32 Å². The number of hydrogen-bond donors (Lipinski definition) is 2. The fourth-order valence-electron chi connectivity index (χ4n) is 1.43. The molecule has 2 rings (SSSR count). The van der Waals surface area contributed by atoms with E-state index in [4.69, 9.17) is 0 Å². The van der Waals surface area contributed by atoms with Crippen molar-refractivity contribution < 1.29 is 4.79 Å². The number of para-hydroxylation sites is 1. The Kier molecular flexibility index (Phi) is 2.97. The summed E-state index contributed by atoms with van der Waals surface area (Å²) in [5.41, 5.74) is 4.79. The Morgan fingerprint density at radius 1 is 1.27 bits per heavy atom. The van der Waals surface area contributed by atoms with E-state index in [1.165, 1.54) is 0 Å². The highest BCUT2D eigenvalue weighted by Gasteiger charge is 2.12. The van der Waals surface area contributed by atoms with Gasteiger partial charge in [0.05, 0.1) is 12.1 Å². The van der Waals surface area contributed by atoms with E-state index in [0.717, 1.165) is 17.8 Å². The minimum Gasteiger partial charge on any atom is -0.355 e. The van der Waals surface area contributed by atoms with E-state index in [0.29, 0.717) is 13.0 Å². The van der Waals surface area contributed by atoms with E-state index in [9.17, 15) is 4.79 Å². The average molecular weight is 203 g/mol. The average Bonchev–Trinajstić information content (AvgIpc) is 2.28. The molecule has 1 aliphatic rings. The molecule has 0 atom stereocenters. The summed E-state index contributed by atoms with van der Waals surface area (Å²) in [5, 5.41) is 6.97. The van der Waals surface area contributed by atoms with E-state index in [1.807, 2.05) is 30.3 Å². The predicted octanol–water partition coefficient (Wildman–Crippen LogP) is 1.36. The number of hydrazone groups is 1. The number of amides is 1. The highest BCUT2D eigenvalue weighted by atomic mass is 16.1. The quantitative estimate of drug-likeness (QED) is 0.713. The maximum atomic E-state index is 11.1. The van der Waals surface area contributed by atoms with Gasteiger partial charge in [0.25, 0.3) is 0 Å². The zero-order valence-corrected chi connectivity index (χ0v) is 8.36. The minimum atomic E-state index is 0.0508. The van der Waals surface area contributed by atoms with Gasteiger partial charge in [0.1, 0.15) is 0 Å². The second-order valence-corrected chi connectivity index (χ2v) is 3.43. The van der Waals surface area contributed by atoms with Crippen LogP contribution in [0.15, 0.2) is 35.4 Å². The van der Waals surface area contributed by atoms with Crippen LogP contribution >= 0.6 is 0 Å². The molecular formula is C11H13N3O. The van der Waals surface area contributed by atoms with Crippen LogP contribution in [-0.4, -0.2) is 18.2 Å². The van der Waals surface area contributed by atoms with Gasteiger partial charge in [-0.1, -0.05) is 18.2 Å². The Bertz CT molecular complexity index is 373. The van der Waals surface area contributed by atoms with Crippen molar-refractivity contribution in [3.05, 3.63) is 30.3 Å².